The van der Waals surface area contributed by atoms with E-state index < -0.39 is 0 Å². The summed E-state index contributed by atoms with van der Waals surface area (Å²) in [5, 5.41) is 8.68. The van der Waals surface area contributed by atoms with Crippen LogP contribution in [0.3, 0.4) is 0 Å². The van der Waals surface area contributed by atoms with Crippen LogP contribution < -0.4 is 0 Å². The molecule has 0 amide bonds. The van der Waals surface area contributed by atoms with Crippen molar-refractivity contribution in [2.45, 2.75) is 52.5 Å². The molecule has 0 unspecified atom stereocenters. The molecule has 18 heavy (non-hydrogen) atoms. The zero-order chi connectivity index (χ0) is 13.1. The SMILES string of the molecule is CCOC(=O)c1nn(C2CCC(C)CC2)nc1C. The van der Waals surface area contributed by atoms with E-state index >= 15 is 0 Å². The number of aromatic nitrogens is 3. The maximum atomic E-state index is 11.7. The maximum Gasteiger partial charge on any atom is 0.360 e. The van der Waals surface area contributed by atoms with Crippen LogP contribution in [-0.2, 0) is 4.74 Å². The van der Waals surface area contributed by atoms with E-state index in [9.17, 15) is 4.79 Å². The second kappa shape index (κ2) is 5.50. The summed E-state index contributed by atoms with van der Waals surface area (Å²) in [5.74, 6) is 0.424. The fourth-order valence-electron chi connectivity index (χ4n) is 2.42. The highest BCUT2D eigenvalue weighted by atomic mass is 16.5. The number of hydrogen-bond acceptors (Lipinski definition) is 4. The van der Waals surface area contributed by atoms with Crippen molar-refractivity contribution in [1.82, 2.24) is 15.0 Å². The van der Waals surface area contributed by atoms with E-state index in [0.717, 1.165) is 18.8 Å². The van der Waals surface area contributed by atoms with Gasteiger partial charge in [0.2, 0.25) is 0 Å². The lowest BCUT2D eigenvalue weighted by Gasteiger charge is -2.25. The number of hydrogen-bond donors (Lipinski definition) is 0. The van der Waals surface area contributed by atoms with E-state index in [2.05, 4.69) is 17.1 Å². The number of nitrogens with zero attached hydrogens (tertiary/aromatic N) is 3. The highest BCUT2D eigenvalue weighted by Gasteiger charge is 2.24. The molecule has 1 heterocycles. The number of aryl methyl sites for hydroxylation is 1. The smallest absolute Gasteiger partial charge is 0.360 e. The number of rotatable bonds is 3. The van der Waals surface area contributed by atoms with E-state index in [1.807, 2.05) is 0 Å². The predicted molar refractivity (Wildman–Crippen MR) is 67.4 cm³/mol. The Morgan fingerprint density at radius 1 is 1.33 bits per heavy atom. The molecule has 5 heteroatoms. The van der Waals surface area contributed by atoms with Crippen molar-refractivity contribution >= 4 is 5.97 Å². The van der Waals surface area contributed by atoms with Gasteiger partial charge in [-0.25, -0.2) is 4.79 Å². The average molecular weight is 251 g/mol. The van der Waals surface area contributed by atoms with Crippen molar-refractivity contribution in [3.8, 4) is 0 Å². The van der Waals surface area contributed by atoms with E-state index in [4.69, 9.17) is 4.74 Å². The van der Waals surface area contributed by atoms with Gasteiger partial charge in [0.1, 0.15) is 0 Å². The van der Waals surface area contributed by atoms with Crippen molar-refractivity contribution < 1.29 is 9.53 Å². The molecule has 100 valence electrons. The molecule has 0 saturated heterocycles. The van der Waals surface area contributed by atoms with Crippen LogP contribution in [0.1, 0.15) is 61.8 Å². The Morgan fingerprint density at radius 2 is 2.00 bits per heavy atom. The molecule has 0 aromatic carbocycles. The number of carbonyl (C=O) groups is 1. The van der Waals surface area contributed by atoms with Gasteiger partial charge in [-0.15, -0.1) is 5.10 Å². The average Bonchev–Trinajstić information content (AvgIpc) is 2.72. The molecular formula is C13H21N3O2. The Hall–Kier alpha value is -1.39. The highest BCUT2D eigenvalue weighted by molar-refractivity contribution is 5.88. The van der Waals surface area contributed by atoms with E-state index in [0.29, 0.717) is 24.0 Å². The fraction of sp³-hybridized carbons (Fsp3) is 0.769. The molecule has 1 aliphatic carbocycles. The summed E-state index contributed by atoms with van der Waals surface area (Å²) in [6.45, 7) is 6.25. The van der Waals surface area contributed by atoms with Gasteiger partial charge in [0, 0.05) is 0 Å². The van der Waals surface area contributed by atoms with Crippen LogP contribution in [0.15, 0.2) is 0 Å². The summed E-state index contributed by atoms with van der Waals surface area (Å²) < 4.78 is 4.97. The van der Waals surface area contributed by atoms with Gasteiger partial charge in [-0.05, 0) is 45.4 Å². The first-order chi connectivity index (χ1) is 8.61. The van der Waals surface area contributed by atoms with Crippen LogP contribution in [0.5, 0.6) is 0 Å². The van der Waals surface area contributed by atoms with Crippen LogP contribution >= 0.6 is 0 Å². The fourth-order valence-corrected chi connectivity index (χ4v) is 2.42. The molecule has 0 radical (unpaired) electrons. The van der Waals surface area contributed by atoms with Gasteiger partial charge >= 0.3 is 5.97 Å². The molecular weight excluding hydrogens is 230 g/mol. The summed E-state index contributed by atoms with van der Waals surface area (Å²) in [5.41, 5.74) is 1.02. The number of esters is 1. The quantitative estimate of drug-likeness (QED) is 0.774. The predicted octanol–water partition coefficient (Wildman–Crippen LogP) is 2.51. The third-order valence-electron chi connectivity index (χ3n) is 3.58. The summed E-state index contributed by atoms with van der Waals surface area (Å²) in [4.78, 5) is 13.4. The Balaban J connectivity index is 2.11. The van der Waals surface area contributed by atoms with Crippen molar-refractivity contribution in [3.63, 3.8) is 0 Å². The molecule has 5 nitrogen and oxygen atoms in total. The third-order valence-corrected chi connectivity index (χ3v) is 3.58. The lowest BCUT2D eigenvalue weighted by molar-refractivity contribution is 0.0517. The Morgan fingerprint density at radius 3 is 2.61 bits per heavy atom. The van der Waals surface area contributed by atoms with Crippen LogP contribution in [-0.4, -0.2) is 27.6 Å². The molecule has 2 rings (SSSR count). The first kappa shape index (κ1) is 13.1. The molecule has 1 fully saturated rings. The summed E-state index contributed by atoms with van der Waals surface area (Å²) in [6, 6.07) is 0.336. The zero-order valence-electron chi connectivity index (χ0n) is 11.3. The van der Waals surface area contributed by atoms with E-state index in [1.165, 1.54) is 12.8 Å². The van der Waals surface area contributed by atoms with Crippen molar-refractivity contribution in [1.29, 1.82) is 0 Å². The normalized spacial score (nSPS) is 23.9. The Labute approximate surface area is 108 Å². The van der Waals surface area contributed by atoms with Gasteiger partial charge in [-0.3, -0.25) is 0 Å². The highest BCUT2D eigenvalue weighted by Crippen LogP contribution is 2.31. The van der Waals surface area contributed by atoms with Gasteiger partial charge in [0.25, 0.3) is 0 Å². The lowest BCUT2D eigenvalue weighted by Crippen LogP contribution is -2.19. The van der Waals surface area contributed by atoms with Gasteiger partial charge in [-0.2, -0.15) is 9.90 Å². The molecule has 0 N–H and O–H groups in total. The molecule has 1 aliphatic rings. The molecule has 0 bridgehead atoms. The summed E-state index contributed by atoms with van der Waals surface area (Å²) in [6.07, 6.45) is 4.61. The van der Waals surface area contributed by atoms with E-state index in [1.54, 1.807) is 18.6 Å². The molecule has 1 aromatic rings. The molecule has 0 spiro atoms. The van der Waals surface area contributed by atoms with Gasteiger partial charge in [0.15, 0.2) is 5.69 Å². The second-order valence-electron chi connectivity index (χ2n) is 5.09. The maximum absolute atomic E-state index is 11.7. The zero-order valence-corrected chi connectivity index (χ0v) is 11.3. The summed E-state index contributed by atoms with van der Waals surface area (Å²) in [7, 11) is 0. The topological polar surface area (TPSA) is 57.0 Å². The first-order valence-corrected chi connectivity index (χ1v) is 6.72. The van der Waals surface area contributed by atoms with Crippen LogP contribution in [0.25, 0.3) is 0 Å². The second-order valence-corrected chi connectivity index (χ2v) is 5.09. The standard InChI is InChI=1S/C13H21N3O2/c1-4-18-13(17)12-10(3)14-16(15-12)11-7-5-9(2)6-8-11/h9,11H,4-8H2,1-3H3. The molecule has 0 aliphatic heterocycles. The Bertz CT molecular complexity index is 420. The summed E-state index contributed by atoms with van der Waals surface area (Å²) >= 11 is 0. The Kier molecular flexibility index (Phi) is 3.99. The number of ether oxygens (including phenoxy) is 1. The minimum Gasteiger partial charge on any atom is -0.461 e. The van der Waals surface area contributed by atoms with Crippen LogP contribution in [0.4, 0.5) is 0 Å². The van der Waals surface area contributed by atoms with E-state index in [-0.39, 0.29) is 5.97 Å². The first-order valence-electron chi connectivity index (χ1n) is 6.72. The molecule has 0 atom stereocenters. The van der Waals surface area contributed by atoms with Gasteiger partial charge in [-0.1, -0.05) is 6.92 Å². The van der Waals surface area contributed by atoms with Gasteiger partial charge < -0.3 is 4.74 Å². The number of carbonyl (C=O) groups excluding carboxylic acids is 1. The van der Waals surface area contributed by atoms with Crippen molar-refractivity contribution in [2.75, 3.05) is 6.61 Å². The lowest BCUT2D eigenvalue weighted by atomic mass is 9.88. The minimum atomic E-state index is -0.370. The van der Waals surface area contributed by atoms with Crippen molar-refractivity contribution in [3.05, 3.63) is 11.4 Å². The third kappa shape index (κ3) is 2.71. The van der Waals surface area contributed by atoms with Gasteiger partial charge in [0.05, 0.1) is 18.3 Å². The van der Waals surface area contributed by atoms with Crippen LogP contribution in [0, 0.1) is 12.8 Å². The minimum absolute atomic E-state index is 0.336. The largest absolute Gasteiger partial charge is 0.461 e. The van der Waals surface area contributed by atoms with Crippen LogP contribution in [0.2, 0.25) is 0 Å². The van der Waals surface area contributed by atoms with Crippen molar-refractivity contribution in [2.24, 2.45) is 5.92 Å². The molecule has 1 aromatic heterocycles. The molecule has 1 saturated carbocycles. The monoisotopic (exact) mass is 251 g/mol.